The molecule has 4 aliphatic heterocycles. The van der Waals surface area contributed by atoms with Crippen LogP contribution in [-0.2, 0) is 10.8 Å². The smallest absolute Gasteiger partial charge is 0.252 e. The summed E-state index contributed by atoms with van der Waals surface area (Å²) in [6.45, 7) is 12.4. The van der Waals surface area contributed by atoms with Gasteiger partial charge in [0.25, 0.3) is 6.71 Å². The van der Waals surface area contributed by atoms with Crippen LogP contribution < -0.4 is 36.0 Å². The Morgan fingerprint density at radius 1 is 0.344 bits per heavy atom. The number of para-hydroxylation sites is 3. The van der Waals surface area contributed by atoms with Crippen molar-refractivity contribution in [3.05, 3.63) is 247 Å². The van der Waals surface area contributed by atoms with Crippen molar-refractivity contribution >= 4 is 124 Å². The number of benzene rings is 11. The summed E-state index contributed by atoms with van der Waals surface area (Å²) in [6, 6.07) is 87.3. The molecule has 0 saturated heterocycles. The van der Waals surface area contributed by atoms with E-state index < -0.39 is 0 Å². The molecule has 0 N–H and O–H groups in total. The number of hydrogen-bond acceptors (Lipinski definition) is 6. The Hall–Kier alpha value is -9.72. The predicted molar refractivity (Wildman–Crippen MR) is 376 cm³/mol. The van der Waals surface area contributed by atoms with E-state index in [1.54, 1.807) is 0 Å². The Morgan fingerprint density at radius 2 is 0.833 bits per heavy atom. The Balaban J connectivity index is 0.868. The normalized spacial score (nSPS) is 22.0. The van der Waals surface area contributed by atoms with Crippen molar-refractivity contribution < 1.29 is 8.83 Å². The molecule has 0 spiro atoms. The number of furan rings is 2. The van der Waals surface area contributed by atoms with Crippen LogP contribution in [0.25, 0.3) is 66.1 Å². The second-order valence-electron chi connectivity index (χ2n) is 27.8. The van der Waals surface area contributed by atoms with Gasteiger partial charge in [0, 0.05) is 83.6 Å². The lowest BCUT2D eigenvalue weighted by Gasteiger charge is -2.51. The average molecular weight is 1170 g/mol. The molecule has 7 heteroatoms. The van der Waals surface area contributed by atoms with E-state index in [-0.39, 0.29) is 28.6 Å². The molecule has 6 aliphatic rings. The monoisotopic (exact) mass is 1160 g/mol. The van der Waals surface area contributed by atoms with E-state index in [0.717, 1.165) is 80.9 Å². The Bertz CT molecular complexity index is 5180. The molecule has 19 rings (SSSR count). The van der Waals surface area contributed by atoms with Crippen molar-refractivity contribution in [3.8, 4) is 22.3 Å². The maximum Gasteiger partial charge on any atom is 0.252 e. The highest BCUT2D eigenvalue weighted by atomic mass is 16.3. The molecule has 4 unspecified atom stereocenters. The molecule has 2 saturated carbocycles. The number of aryl methyl sites for hydroxylation is 1. The van der Waals surface area contributed by atoms with Gasteiger partial charge in [0.1, 0.15) is 16.7 Å². The fourth-order valence-electron chi connectivity index (χ4n) is 18.6. The van der Waals surface area contributed by atoms with E-state index in [1.807, 2.05) is 0 Å². The minimum Gasteiger partial charge on any atom is -0.456 e. The molecule has 4 atom stereocenters. The number of nitrogens with zero attached hydrogens (tertiary/aromatic N) is 4. The van der Waals surface area contributed by atoms with Gasteiger partial charge >= 0.3 is 0 Å². The van der Waals surface area contributed by atoms with Crippen molar-refractivity contribution in [3.63, 3.8) is 0 Å². The molecule has 90 heavy (non-hydrogen) atoms. The first-order valence-corrected chi connectivity index (χ1v) is 32.8. The average Bonchev–Trinajstić information content (AvgIpc) is 1.34. The van der Waals surface area contributed by atoms with Gasteiger partial charge in [-0.3, -0.25) is 0 Å². The number of anilines is 10. The summed E-state index contributed by atoms with van der Waals surface area (Å²) < 4.78 is 13.7. The van der Waals surface area contributed by atoms with Crippen LogP contribution in [0.15, 0.2) is 239 Å². The van der Waals surface area contributed by atoms with Gasteiger partial charge in [-0.25, -0.2) is 0 Å². The molecule has 11 aromatic carbocycles. The maximum atomic E-state index is 7.13. The van der Waals surface area contributed by atoms with Gasteiger partial charge in [-0.1, -0.05) is 173 Å². The van der Waals surface area contributed by atoms with Gasteiger partial charge in [-0.15, -0.1) is 0 Å². The molecule has 13 aromatic rings. The minimum absolute atomic E-state index is 0.0642. The van der Waals surface area contributed by atoms with Crippen LogP contribution in [0, 0.1) is 6.92 Å². The first-order chi connectivity index (χ1) is 44.0. The summed E-state index contributed by atoms with van der Waals surface area (Å²) in [5.41, 5.74) is 28.0. The van der Waals surface area contributed by atoms with Crippen LogP contribution in [0.2, 0.25) is 0 Å². The maximum absolute atomic E-state index is 7.13. The topological polar surface area (TPSA) is 39.2 Å². The summed E-state index contributed by atoms with van der Waals surface area (Å²) in [7, 11) is 0. The molecule has 6 heterocycles. The Morgan fingerprint density at radius 3 is 1.43 bits per heavy atom. The highest BCUT2D eigenvalue weighted by Crippen LogP contribution is 2.64. The predicted octanol–water partition coefficient (Wildman–Crippen LogP) is 20.7. The van der Waals surface area contributed by atoms with Gasteiger partial charge in [0.05, 0.1) is 16.8 Å². The zero-order valence-corrected chi connectivity index (χ0v) is 51.8. The third kappa shape index (κ3) is 6.96. The summed E-state index contributed by atoms with van der Waals surface area (Å²) in [5.74, 6) is 0. The van der Waals surface area contributed by atoms with Crippen LogP contribution in [0.1, 0.15) is 95.8 Å². The number of fused-ring (bicyclic) bond motifs is 16. The fraction of sp³-hybridized carbons (Fsp3) is 0.205. The van der Waals surface area contributed by atoms with Gasteiger partial charge < -0.3 is 28.4 Å². The lowest BCUT2D eigenvalue weighted by Crippen LogP contribution is -2.61. The molecular weight excluding hydrogens is 1100 g/mol. The second kappa shape index (κ2) is 18.7. The SMILES string of the molecule is Cc1cc2c3c(c1)N(c1cccc4c1oc1ccccc14)c1cc(N4c5ccc(-c6ccccc6)cc5C5(C)CCCCC45C)ccc1B3c1ccc(N3c4ccc(-c5ccccc5)cc4C4(C)CCCCC34C)cc1N2c1ccc2oc3ccccc3c2c1. The minimum atomic E-state index is -0.171. The summed E-state index contributed by atoms with van der Waals surface area (Å²) >= 11 is 0. The van der Waals surface area contributed by atoms with E-state index in [2.05, 4.69) is 285 Å². The van der Waals surface area contributed by atoms with Gasteiger partial charge in [0.15, 0.2) is 5.58 Å². The quantitative estimate of drug-likeness (QED) is 0.155. The van der Waals surface area contributed by atoms with Crippen molar-refractivity contribution in [1.82, 2.24) is 0 Å². The van der Waals surface area contributed by atoms with E-state index in [1.165, 1.54) is 127 Å². The zero-order chi connectivity index (χ0) is 60.0. The molecule has 2 aromatic heterocycles. The first kappa shape index (κ1) is 52.2. The van der Waals surface area contributed by atoms with Crippen LogP contribution in [-0.4, -0.2) is 17.8 Å². The molecule has 0 amide bonds. The number of hydrogen-bond donors (Lipinski definition) is 0. The van der Waals surface area contributed by atoms with Crippen LogP contribution in [0.4, 0.5) is 56.9 Å². The highest BCUT2D eigenvalue weighted by molar-refractivity contribution is 7.00. The molecule has 436 valence electrons. The van der Waals surface area contributed by atoms with E-state index in [9.17, 15) is 0 Å². The Kier molecular flexibility index (Phi) is 10.8. The lowest BCUT2D eigenvalue weighted by atomic mass is 9.33. The van der Waals surface area contributed by atoms with Gasteiger partial charge in [0.2, 0.25) is 0 Å². The van der Waals surface area contributed by atoms with Crippen molar-refractivity contribution in [2.45, 2.75) is 108 Å². The third-order valence-corrected chi connectivity index (χ3v) is 23.4. The third-order valence-electron chi connectivity index (χ3n) is 23.4. The number of rotatable bonds is 6. The van der Waals surface area contributed by atoms with Crippen molar-refractivity contribution in [2.24, 2.45) is 0 Å². The largest absolute Gasteiger partial charge is 0.456 e. The molecule has 6 nitrogen and oxygen atoms in total. The first-order valence-electron chi connectivity index (χ1n) is 32.8. The van der Waals surface area contributed by atoms with E-state index in [0.29, 0.717) is 0 Å². The highest BCUT2D eigenvalue weighted by Gasteiger charge is 2.60. The molecule has 0 radical (unpaired) electrons. The summed E-state index contributed by atoms with van der Waals surface area (Å²) in [6.07, 6.45) is 9.33. The molecular formula is C83H69BN4O2. The Labute approximate surface area is 526 Å². The van der Waals surface area contributed by atoms with Crippen molar-refractivity contribution in [1.29, 1.82) is 0 Å². The summed E-state index contributed by atoms with van der Waals surface area (Å²) in [4.78, 5) is 10.7. The molecule has 0 bridgehead atoms. The zero-order valence-electron chi connectivity index (χ0n) is 51.8. The van der Waals surface area contributed by atoms with Crippen LogP contribution in [0.3, 0.4) is 0 Å². The standard InChI is InChI=1S/C83H69BN4O2/c1-52-45-73-78-74(46-52)86(70-28-20-27-62-60-25-12-15-30-76(60)90-79(62)70)72-51-59(88-69-39-32-56(54-23-10-7-11-24-54)48-65(69)81(3)42-17-19-44-83(81,88)5)34-37-67(72)84(78)66-36-33-58(50-71(66)85(73)57-35-40-77-63(49-57)61-26-13-14-29-75(61)89-77)87-68-38-31-55(53-21-8-6-9-22-53)47-64(68)80(2)41-16-18-43-82(80,87)4/h6-15,20-40,45-51H,16-19,41-44H2,1-5H3. The van der Waals surface area contributed by atoms with Crippen molar-refractivity contribution in [2.75, 3.05) is 19.6 Å². The fourth-order valence-corrected chi connectivity index (χ4v) is 18.6. The van der Waals surface area contributed by atoms with E-state index in [4.69, 9.17) is 8.83 Å². The van der Waals surface area contributed by atoms with Crippen LogP contribution >= 0.6 is 0 Å². The molecule has 2 aliphatic carbocycles. The summed E-state index contributed by atoms with van der Waals surface area (Å²) in [5, 5.41) is 4.46. The second-order valence-corrected chi connectivity index (χ2v) is 27.8. The lowest BCUT2D eigenvalue weighted by molar-refractivity contribution is 0.195. The van der Waals surface area contributed by atoms with Gasteiger partial charge in [-0.2, -0.15) is 0 Å². The molecule has 2 fully saturated rings. The van der Waals surface area contributed by atoms with Crippen LogP contribution in [0.5, 0.6) is 0 Å². The van der Waals surface area contributed by atoms with E-state index >= 15 is 0 Å². The van der Waals surface area contributed by atoms with Gasteiger partial charge in [-0.05, 0) is 199 Å².